The van der Waals surface area contributed by atoms with Gasteiger partial charge in [-0.25, -0.2) is 4.79 Å². The largest absolute Gasteiger partial charge is 0.444 e. The van der Waals surface area contributed by atoms with E-state index in [1.807, 2.05) is 34.6 Å². The lowest BCUT2D eigenvalue weighted by Crippen LogP contribution is -2.49. The number of ether oxygens (including phenoxy) is 1. The molecule has 1 atom stereocenters. The van der Waals surface area contributed by atoms with Crippen molar-refractivity contribution in [2.75, 3.05) is 19.6 Å². The molecule has 8 heteroatoms. The summed E-state index contributed by atoms with van der Waals surface area (Å²) in [5, 5.41) is 8.19. The fourth-order valence-electron chi connectivity index (χ4n) is 2.22. The van der Waals surface area contributed by atoms with Crippen LogP contribution in [0, 0.1) is 5.92 Å². The Labute approximate surface area is 157 Å². The molecule has 0 aliphatic rings. The van der Waals surface area contributed by atoms with Crippen LogP contribution in [0.25, 0.3) is 0 Å². The Bertz CT molecular complexity index is 447. The third-order valence-corrected chi connectivity index (χ3v) is 3.37. The van der Waals surface area contributed by atoms with Gasteiger partial charge in [0.15, 0.2) is 0 Å². The molecular weight excluding hydrogens is 336 g/mol. The first-order chi connectivity index (χ1) is 12.0. The first-order valence-electron chi connectivity index (χ1n) is 9.29. The molecule has 5 N–H and O–H groups in total. The van der Waals surface area contributed by atoms with E-state index < -0.39 is 17.7 Å². The maximum absolute atomic E-state index is 12.2. The number of nitrogens with two attached hydrogens (primary N) is 1. The standard InChI is InChI=1S/C18H36N4O4/c1-13(2)11-14(22-15(23)12-19)16(24)20-9-7-6-8-10-21-17(25)26-18(3,4)5/h13-14H,6-12,19H2,1-5H3,(H,20,24)(H,21,25)(H,22,23)/t14-/m0/s1. The summed E-state index contributed by atoms with van der Waals surface area (Å²) < 4.78 is 5.15. The van der Waals surface area contributed by atoms with E-state index in [0.29, 0.717) is 19.5 Å². The van der Waals surface area contributed by atoms with Gasteiger partial charge in [0.1, 0.15) is 11.6 Å². The third-order valence-electron chi connectivity index (χ3n) is 3.37. The van der Waals surface area contributed by atoms with E-state index in [-0.39, 0.29) is 24.3 Å². The highest BCUT2D eigenvalue weighted by Crippen LogP contribution is 2.07. The molecule has 0 bridgehead atoms. The van der Waals surface area contributed by atoms with Gasteiger partial charge in [-0.1, -0.05) is 13.8 Å². The summed E-state index contributed by atoms with van der Waals surface area (Å²) in [6.07, 6.45) is 2.60. The molecule has 3 amide bonds. The molecule has 0 rings (SSSR count). The van der Waals surface area contributed by atoms with Gasteiger partial charge in [-0.3, -0.25) is 9.59 Å². The van der Waals surface area contributed by atoms with E-state index in [4.69, 9.17) is 10.5 Å². The number of hydrogen-bond donors (Lipinski definition) is 4. The number of hydrogen-bond acceptors (Lipinski definition) is 5. The Morgan fingerprint density at radius 3 is 2.08 bits per heavy atom. The zero-order valence-electron chi connectivity index (χ0n) is 16.8. The number of amides is 3. The summed E-state index contributed by atoms with van der Waals surface area (Å²) in [4.78, 5) is 35.1. The van der Waals surface area contributed by atoms with Crippen molar-refractivity contribution < 1.29 is 19.1 Å². The Balaban J connectivity index is 3.94. The number of unbranched alkanes of at least 4 members (excludes halogenated alkanes) is 2. The van der Waals surface area contributed by atoms with E-state index in [1.54, 1.807) is 0 Å². The number of nitrogens with one attached hydrogen (secondary N) is 3. The normalized spacial score (nSPS) is 12.4. The van der Waals surface area contributed by atoms with Crippen LogP contribution in [-0.4, -0.2) is 49.2 Å². The molecule has 0 saturated carbocycles. The third kappa shape index (κ3) is 13.5. The van der Waals surface area contributed by atoms with Crippen LogP contribution >= 0.6 is 0 Å². The molecule has 0 aromatic rings. The molecule has 0 aliphatic carbocycles. The van der Waals surface area contributed by atoms with Gasteiger partial charge in [-0.05, 0) is 52.4 Å². The average molecular weight is 373 g/mol. The maximum Gasteiger partial charge on any atom is 0.407 e. The monoisotopic (exact) mass is 372 g/mol. The van der Waals surface area contributed by atoms with Gasteiger partial charge < -0.3 is 26.4 Å². The van der Waals surface area contributed by atoms with E-state index in [2.05, 4.69) is 16.0 Å². The summed E-state index contributed by atoms with van der Waals surface area (Å²) >= 11 is 0. The fourth-order valence-corrected chi connectivity index (χ4v) is 2.22. The second-order valence-electron chi connectivity index (χ2n) is 7.73. The molecule has 0 spiro atoms. The number of rotatable bonds is 11. The van der Waals surface area contributed by atoms with Gasteiger partial charge in [-0.15, -0.1) is 0 Å². The summed E-state index contributed by atoms with van der Waals surface area (Å²) in [7, 11) is 0. The summed E-state index contributed by atoms with van der Waals surface area (Å²) in [5.41, 5.74) is 4.79. The molecule has 0 aromatic heterocycles. The maximum atomic E-state index is 12.2. The Kier molecular flexibility index (Phi) is 11.6. The van der Waals surface area contributed by atoms with E-state index >= 15 is 0 Å². The lowest BCUT2D eigenvalue weighted by molar-refractivity contribution is -0.128. The van der Waals surface area contributed by atoms with Crippen LogP contribution in [0.1, 0.15) is 60.3 Å². The predicted octanol–water partition coefficient (Wildman–Crippen LogP) is 1.29. The minimum Gasteiger partial charge on any atom is -0.444 e. The molecule has 8 nitrogen and oxygen atoms in total. The fraction of sp³-hybridized carbons (Fsp3) is 0.833. The summed E-state index contributed by atoms with van der Waals surface area (Å²) in [6, 6.07) is -0.556. The molecule has 0 heterocycles. The van der Waals surface area contributed by atoms with Gasteiger partial charge in [0.05, 0.1) is 6.54 Å². The van der Waals surface area contributed by atoms with Crippen LogP contribution in [0.4, 0.5) is 4.79 Å². The molecule has 26 heavy (non-hydrogen) atoms. The van der Waals surface area contributed by atoms with Crippen molar-refractivity contribution in [1.82, 2.24) is 16.0 Å². The van der Waals surface area contributed by atoms with Crippen LogP contribution in [-0.2, 0) is 14.3 Å². The molecule has 0 aromatic carbocycles. The topological polar surface area (TPSA) is 123 Å². The number of carbonyl (C=O) groups excluding carboxylic acids is 3. The zero-order chi connectivity index (χ0) is 20.2. The van der Waals surface area contributed by atoms with Crippen molar-refractivity contribution >= 4 is 17.9 Å². The van der Waals surface area contributed by atoms with E-state index in [0.717, 1.165) is 19.3 Å². The second-order valence-corrected chi connectivity index (χ2v) is 7.73. The molecule has 0 fully saturated rings. The van der Waals surface area contributed by atoms with Crippen molar-refractivity contribution in [3.63, 3.8) is 0 Å². The zero-order valence-corrected chi connectivity index (χ0v) is 16.8. The van der Waals surface area contributed by atoms with Gasteiger partial charge in [0.2, 0.25) is 11.8 Å². The lowest BCUT2D eigenvalue weighted by Gasteiger charge is -2.20. The highest BCUT2D eigenvalue weighted by atomic mass is 16.6. The van der Waals surface area contributed by atoms with Crippen LogP contribution in [0.5, 0.6) is 0 Å². The SMILES string of the molecule is CC(C)C[C@H](NC(=O)CN)C(=O)NCCCCCNC(=O)OC(C)(C)C. The molecular formula is C18H36N4O4. The summed E-state index contributed by atoms with van der Waals surface area (Å²) in [5.74, 6) is -0.242. The molecule has 0 radical (unpaired) electrons. The average Bonchev–Trinajstić information content (AvgIpc) is 2.50. The van der Waals surface area contributed by atoms with Gasteiger partial charge in [-0.2, -0.15) is 0 Å². The lowest BCUT2D eigenvalue weighted by atomic mass is 10.0. The predicted molar refractivity (Wildman–Crippen MR) is 102 cm³/mol. The minimum absolute atomic E-state index is 0.132. The highest BCUT2D eigenvalue weighted by molar-refractivity contribution is 5.88. The smallest absolute Gasteiger partial charge is 0.407 e. The van der Waals surface area contributed by atoms with Crippen LogP contribution in [0.3, 0.4) is 0 Å². The van der Waals surface area contributed by atoms with Crippen molar-refractivity contribution in [3.8, 4) is 0 Å². The Morgan fingerprint density at radius 1 is 1.00 bits per heavy atom. The van der Waals surface area contributed by atoms with Crippen molar-refractivity contribution in [2.24, 2.45) is 11.7 Å². The van der Waals surface area contributed by atoms with Gasteiger partial charge in [0.25, 0.3) is 0 Å². The quantitative estimate of drug-likeness (QED) is 0.407. The van der Waals surface area contributed by atoms with Crippen LogP contribution in [0.2, 0.25) is 0 Å². The van der Waals surface area contributed by atoms with Crippen LogP contribution in [0.15, 0.2) is 0 Å². The first kappa shape index (κ1) is 24.2. The van der Waals surface area contributed by atoms with Crippen LogP contribution < -0.4 is 21.7 Å². The van der Waals surface area contributed by atoms with Crippen molar-refractivity contribution in [1.29, 1.82) is 0 Å². The van der Waals surface area contributed by atoms with Gasteiger partial charge in [0, 0.05) is 13.1 Å². The van der Waals surface area contributed by atoms with Crippen molar-refractivity contribution in [2.45, 2.75) is 71.9 Å². The van der Waals surface area contributed by atoms with Gasteiger partial charge >= 0.3 is 6.09 Å². The molecule has 152 valence electrons. The molecule has 0 unspecified atom stereocenters. The number of carbonyl (C=O) groups is 3. The minimum atomic E-state index is -0.556. The summed E-state index contributed by atoms with van der Waals surface area (Å²) in [6.45, 7) is 10.4. The molecule has 0 saturated heterocycles. The van der Waals surface area contributed by atoms with Crippen molar-refractivity contribution in [3.05, 3.63) is 0 Å². The molecule has 0 aliphatic heterocycles. The Morgan fingerprint density at radius 2 is 1.58 bits per heavy atom. The number of alkyl carbamates (subject to hydrolysis) is 1. The highest BCUT2D eigenvalue weighted by Gasteiger charge is 2.21. The van der Waals surface area contributed by atoms with E-state index in [1.165, 1.54) is 0 Å². The Hall–Kier alpha value is -1.83. The second kappa shape index (κ2) is 12.5. The first-order valence-corrected chi connectivity index (χ1v) is 9.29. The van der Waals surface area contributed by atoms with E-state index in [9.17, 15) is 14.4 Å².